The number of aliphatic hydroxyl groups excluding tert-OH is 1. The van der Waals surface area contributed by atoms with Crippen LogP contribution in [0, 0.1) is 22.2 Å². The van der Waals surface area contributed by atoms with E-state index < -0.39 is 11.5 Å². The molecule has 1 saturated carbocycles. The zero-order chi connectivity index (χ0) is 15.5. The minimum Gasteiger partial charge on any atom is -0.387 e. The van der Waals surface area contributed by atoms with Crippen molar-refractivity contribution in [1.82, 2.24) is 0 Å². The zero-order valence-corrected chi connectivity index (χ0v) is 13.2. The molecule has 1 aromatic carbocycles. The van der Waals surface area contributed by atoms with Crippen molar-refractivity contribution in [3.05, 3.63) is 35.4 Å². The molecule has 1 fully saturated rings. The molecule has 3 heteroatoms. The second kappa shape index (κ2) is 6.17. The lowest BCUT2D eigenvalue weighted by Gasteiger charge is -2.42. The summed E-state index contributed by atoms with van der Waals surface area (Å²) >= 11 is 0. The van der Waals surface area contributed by atoms with Crippen molar-refractivity contribution in [3.63, 3.8) is 0 Å². The Morgan fingerprint density at radius 3 is 2.52 bits per heavy atom. The van der Waals surface area contributed by atoms with E-state index in [4.69, 9.17) is 4.74 Å². The lowest BCUT2D eigenvalue weighted by Crippen LogP contribution is -2.35. The maximum absolute atomic E-state index is 10.8. The molecule has 21 heavy (non-hydrogen) atoms. The molecule has 0 aromatic heterocycles. The Morgan fingerprint density at radius 2 is 1.95 bits per heavy atom. The first-order chi connectivity index (χ1) is 9.92. The summed E-state index contributed by atoms with van der Waals surface area (Å²) in [6.07, 6.45) is 2.75. The normalized spacial score (nSPS) is 21.5. The van der Waals surface area contributed by atoms with Crippen LogP contribution < -0.4 is 0 Å². The molecule has 1 unspecified atom stereocenters. The van der Waals surface area contributed by atoms with E-state index in [2.05, 4.69) is 19.9 Å². The molecular weight excluding hydrogens is 262 g/mol. The monoisotopic (exact) mass is 287 g/mol. The number of aliphatic hydroxyl groups is 1. The average molecular weight is 287 g/mol. The molecule has 1 aromatic rings. The molecule has 2 rings (SSSR count). The molecule has 0 amide bonds. The van der Waals surface area contributed by atoms with Crippen molar-refractivity contribution in [2.75, 3.05) is 7.11 Å². The number of ether oxygens (including phenoxy) is 1. The van der Waals surface area contributed by atoms with Gasteiger partial charge < -0.3 is 9.84 Å². The van der Waals surface area contributed by atoms with Crippen molar-refractivity contribution >= 4 is 0 Å². The molecule has 1 N–H and O–H groups in total. The smallest absolute Gasteiger partial charge is 0.0976 e. The molecule has 3 nitrogen and oxygen atoms in total. The third-order valence-electron chi connectivity index (χ3n) is 4.82. The highest BCUT2D eigenvalue weighted by atomic mass is 16.5. The Morgan fingerprint density at radius 1 is 1.29 bits per heavy atom. The van der Waals surface area contributed by atoms with Gasteiger partial charge in [-0.05, 0) is 42.2 Å². The van der Waals surface area contributed by atoms with E-state index in [1.165, 1.54) is 0 Å². The molecule has 1 atom stereocenters. The summed E-state index contributed by atoms with van der Waals surface area (Å²) in [5.74, 6) is 0. The Labute approximate surface area is 127 Å². The van der Waals surface area contributed by atoms with Gasteiger partial charge in [0.05, 0.1) is 24.2 Å². The molecular formula is C18H25NO2. The Kier molecular flexibility index (Phi) is 4.70. The SMILES string of the molecule is COCc1cccc(C(O)C2(C#N)CCC(C)(C)CC2)c1. The van der Waals surface area contributed by atoms with E-state index in [9.17, 15) is 10.4 Å². The van der Waals surface area contributed by atoms with Crippen molar-refractivity contribution in [3.8, 4) is 6.07 Å². The molecule has 0 saturated heterocycles. The summed E-state index contributed by atoms with van der Waals surface area (Å²) in [6.45, 7) is 4.99. The molecule has 0 radical (unpaired) electrons. The largest absolute Gasteiger partial charge is 0.387 e. The minimum atomic E-state index is -0.726. The summed E-state index contributed by atoms with van der Waals surface area (Å²) in [6, 6.07) is 10.2. The van der Waals surface area contributed by atoms with E-state index >= 15 is 0 Å². The molecule has 0 spiro atoms. The average Bonchev–Trinajstić information content (AvgIpc) is 2.48. The second-order valence-corrected chi connectivity index (χ2v) is 7.01. The van der Waals surface area contributed by atoms with Crippen LogP contribution >= 0.6 is 0 Å². The lowest BCUT2D eigenvalue weighted by atomic mass is 9.62. The molecule has 1 aliphatic rings. The molecule has 0 heterocycles. The number of rotatable bonds is 4. The number of nitriles is 1. The highest BCUT2D eigenvalue weighted by Gasteiger charge is 2.44. The Balaban J connectivity index is 2.23. The molecule has 114 valence electrons. The van der Waals surface area contributed by atoms with Crippen LogP contribution in [0.3, 0.4) is 0 Å². The summed E-state index contributed by atoms with van der Waals surface area (Å²) in [5, 5.41) is 20.5. The van der Waals surface area contributed by atoms with Crippen LogP contribution in [0.5, 0.6) is 0 Å². The van der Waals surface area contributed by atoms with Crippen LogP contribution in [0.15, 0.2) is 24.3 Å². The van der Waals surface area contributed by atoms with Crippen LogP contribution in [0.4, 0.5) is 0 Å². The predicted molar refractivity (Wildman–Crippen MR) is 82.4 cm³/mol. The van der Waals surface area contributed by atoms with E-state index in [0.29, 0.717) is 6.61 Å². The van der Waals surface area contributed by atoms with Gasteiger partial charge in [0, 0.05) is 7.11 Å². The van der Waals surface area contributed by atoms with Gasteiger partial charge in [0.1, 0.15) is 0 Å². The van der Waals surface area contributed by atoms with Gasteiger partial charge in [-0.25, -0.2) is 0 Å². The van der Waals surface area contributed by atoms with Gasteiger partial charge in [-0.1, -0.05) is 38.1 Å². The first-order valence-electron chi connectivity index (χ1n) is 7.60. The summed E-state index contributed by atoms with van der Waals surface area (Å²) in [7, 11) is 1.66. The van der Waals surface area contributed by atoms with Crippen molar-refractivity contribution in [1.29, 1.82) is 5.26 Å². The maximum Gasteiger partial charge on any atom is 0.0976 e. The van der Waals surface area contributed by atoms with Crippen molar-refractivity contribution in [2.45, 2.75) is 52.2 Å². The molecule has 0 bridgehead atoms. The van der Waals surface area contributed by atoms with Gasteiger partial charge in [0.25, 0.3) is 0 Å². The summed E-state index contributed by atoms with van der Waals surface area (Å²) in [4.78, 5) is 0. The van der Waals surface area contributed by atoms with Crippen LogP contribution in [-0.2, 0) is 11.3 Å². The fourth-order valence-corrected chi connectivity index (χ4v) is 3.16. The lowest BCUT2D eigenvalue weighted by molar-refractivity contribution is 0.00945. The zero-order valence-electron chi connectivity index (χ0n) is 13.2. The van der Waals surface area contributed by atoms with Crippen molar-refractivity contribution < 1.29 is 9.84 Å². The van der Waals surface area contributed by atoms with Gasteiger partial charge in [0.15, 0.2) is 0 Å². The number of benzene rings is 1. The number of hydrogen-bond donors (Lipinski definition) is 1. The fraction of sp³-hybridized carbons (Fsp3) is 0.611. The first kappa shape index (κ1) is 16.0. The quantitative estimate of drug-likeness (QED) is 0.911. The van der Waals surface area contributed by atoms with Crippen LogP contribution in [-0.4, -0.2) is 12.2 Å². The van der Waals surface area contributed by atoms with Gasteiger partial charge in [-0.3, -0.25) is 0 Å². The molecule has 1 aliphatic carbocycles. The predicted octanol–water partition coefficient (Wildman–Crippen LogP) is 3.98. The highest BCUT2D eigenvalue weighted by molar-refractivity contribution is 5.28. The minimum absolute atomic E-state index is 0.276. The number of hydrogen-bond acceptors (Lipinski definition) is 3. The van der Waals surface area contributed by atoms with Gasteiger partial charge in [-0.15, -0.1) is 0 Å². The Hall–Kier alpha value is -1.37. The highest BCUT2D eigenvalue weighted by Crippen LogP contribution is 2.50. The summed E-state index contributed by atoms with van der Waals surface area (Å²) in [5.41, 5.74) is 1.48. The van der Waals surface area contributed by atoms with Crippen LogP contribution in [0.2, 0.25) is 0 Å². The van der Waals surface area contributed by atoms with Gasteiger partial charge in [0.2, 0.25) is 0 Å². The van der Waals surface area contributed by atoms with Crippen LogP contribution in [0.25, 0.3) is 0 Å². The summed E-state index contributed by atoms with van der Waals surface area (Å²) < 4.78 is 5.14. The Bertz CT molecular complexity index is 520. The van der Waals surface area contributed by atoms with Crippen molar-refractivity contribution in [2.24, 2.45) is 10.8 Å². The van der Waals surface area contributed by atoms with E-state index in [0.717, 1.165) is 36.8 Å². The van der Waals surface area contributed by atoms with E-state index in [1.54, 1.807) is 7.11 Å². The van der Waals surface area contributed by atoms with E-state index in [-0.39, 0.29) is 5.41 Å². The number of nitrogens with zero attached hydrogens (tertiary/aromatic N) is 1. The second-order valence-electron chi connectivity index (χ2n) is 7.01. The standard InChI is InChI=1S/C18H25NO2/c1-17(2)7-9-18(13-19,10-8-17)16(20)15-6-4-5-14(11-15)12-21-3/h4-6,11,16,20H,7-10,12H2,1-3H3. The first-order valence-corrected chi connectivity index (χ1v) is 7.60. The third-order valence-corrected chi connectivity index (χ3v) is 4.82. The van der Waals surface area contributed by atoms with Gasteiger partial charge in [-0.2, -0.15) is 5.26 Å². The fourth-order valence-electron chi connectivity index (χ4n) is 3.16. The van der Waals surface area contributed by atoms with Crippen LogP contribution in [0.1, 0.15) is 56.8 Å². The topological polar surface area (TPSA) is 53.2 Å². The third kappa shape index (κ3) is 3.45. The maximum atomic E-state index is 10.8. The van der Waals surface area contributed by atoms with Gasteiger partial charge >= 0.3 is 0 Å². The number of methoxy groups -OCH3 is 1. The molecule has 0 aliphatic heterocycles. The van der Waals surface area contributed by atoms with E-state index in [1.807, 2.05) is 24.3 Å².